The molecule has 2 heterocycles. The van der Waals surface area contributed by atoms with E-state index in [2.05, 4.69) is 9.76 Å². The van der Waals surface area contributed by atoms with Crippen LogP contribution in [-0.4, -0.2) is 181 Å². The molecule has 7 N–H and O–H groups in total. The Labute approximate surface area is 317 Å². The summed E-state index contributed by atoms with van der Waals surface area (Å²) in [6.45, 7) is 15.2. The molecule has 0 spiro atoms. The van der Waals surface area contributed by atoms with E-state index < -0.39 is 105 Å². The van der Waals surface area contributed by atoms with Crippen LogP contribution < -0.4 is 0 Å². The van der Waals surface area contributed by atoms with Crippen molar-refractivity contribution < 1.29 is 68.0 Å². The molecule has 2 saturated heterocycles. The molecule has 7 radical (unpaired) electrons. The third kappa shape index (κ3) is 9.58. The normalized spacial score (nSPS) is 26.6. The number of fused-ring (bicyclic) bond motifs is 1. The maximum atomic E-state index is 12.9. The predicted octanol–water partition coefficient (Wildman–Crippen LogP) is -0.790. The summed E-state index contributed by atoms with van der Waals surface area (Å²) in [5, 5.41) is 0. The van der Waals surface area contributed by atoms with Crippen molar-refractivity contribution in [1.82, 2.24) is 0 Å². The maximum absolute atomic E-state index is 12.9. The fourth-order valence-electron chi connectivity index (χ4n) is 7.16. The Morgan fingerprint density at radius 1 is 0.700 bits per heavy atom. The number of hydrogen-bond donors (Lipinski definition) is 7. The average Bonchev–Trinajstić information content (AvgIpc) is 3.65. The van der Waals surface area contributed by atoms with Crippen LogP contribution in [0.4, 0.5) is 0 Å². The van der Waals surface area contributed by atoms with Gasteiger partial charge in [-0.25, -0.2) is 0 Å². The molecule has 50 heavy (non-hydrogen) atoms. The Balaban J connectivity index is 3.53. The lowest BCUT2D eigenvalue weighted by Gasteiger charge is -2.64. The van der Waals surface area contributed by atoms with Gasteiger partial charge in [0.05, 0.1) is 22.5 Å². The van der Waals surface area contributed by atoms with Crippen LogP contribution in [0.15, 0.2) is 0 Å². The smallest absolute Gasteiger partial charge is 0.418 e. The van der Waals surface area contributed by atoms with Crippen LogP contribution in [0.1, 0.15) is 6.42 Å². The van der Waals surface area contributed by atoms with Crippen LogP contribution in [-0.2, 0) is 34.5 Å². The molecule has 2 fully saturated rings. The van der Waals surface area contributed by atoms with Crippen LogP contribution in [0.2, 0.25) is 97.2 Å². The minimum atomic E-state index is -5.13. The van der Waals surface area contributed by atoms with Crippen LogP contribution in [0.5, 0.6) is 0 Å². The molecule has 0 aromatic rings. The molecule has 15 nitrogen and oxygen atoms in total. The highest BCUT2D eigenvalue weighted by molar-refractivity contribution is 8.04. The van der Waals surface area contributed by atoms with E-state index in [9.17, 15) is 33.6 Å². The molecule has 0 bridgehead atoms. The molecule has 2 rings (SSSR count). The largest absolute Gasteiger partial charge is 0.436 e. The van der Waals surface area contributed by atoms with Crippen molar-refractivity contribution in [2.24, 2.45) is 0 Å². The van der Waals surface area contributed by atoms with Gasteiger partial charge in [-0.05, 0) is 98.1 Å². The molecule has 0 aromatic carbocycles. The van der Waals surface area contributed by atoms with E-state index in [0.29, 0.717) is 19.6 Å². The molecule has 2 aliphatic rings. The molecule has 291 valence electrons. The van der Waals surface area contributed by atoms with Gasteiger partial charge in [-0.1, -0.05) is 0 Å². The monoisotopic (exact) mass is 945 g/mol. The lowest BCUT2D eigenvalue weighted by Crippen LogP contribution is -3.04. The Morgan fingerprint density at radius 2 is 1.22 bits per heavy atom. The van der Waals surface area contributed by atoms with E-state index in [0.717, 1.165) is 0 Å². The highest BCUT2D eigenvalue weighted by Gasteiger charge is 2.90. The third-order valence-electron chi connectivity index (χ3n) is 9.05. The first kappa shape index (κ1) is 48.6. The Morgan fingerprint density at radius 3 is 1.58 bits per heavy atom. The van der Waals surface area contributed by atoms with E-state index in [1.165, 1.54) is 20.2 Å². The van der Waals surface area contributed by atoms with Gasteiger partial charge >= 0.3 is 42.3 Å². The zero-order chi connectivity index (χ0) is 39.4. The SMILES string of the molecule is CO[Si]([Si])(O[Si](O[Si](C)(O[Si](C)(C)C)C1CCOCC2OC21)([Si](O[Si]O)([Si]O)[Si](C)(C)O)[Si](O[Si](C)(C)O)([Si](C)(C)O)[Si](C)(C)O)[Si](C)(C)O. The van der Waals surface area contributed by atoms with Crippen molar-refractivity contribution in [2.75, 3.05) is 20.3 Å². The lowest BCUT2D eigenvalue weighted by molar-refractivity contribution is 0.108. The summed E-state index contributed by atoms with van der Waals surface area (Å²) in [6.07, 6.45) is -0.0311. The first-order valence-corrected chi connectivity index (χ1v) is 54.7. The summed E-state index contributed by atoms with van der Waals surface area (Å²) in [5.74, 6) is 0. The lowest BCUT2D eigenvalue weighted by atomic mass is 10.2. The fraction of sp³-hybridized carbons (Fsp3) is 1.00. The molecular weight excluding hydrogens is 885 g/mol. The van der Waals surface area contributed by atoms with Crippen molar-refractivity contribution in [3.05, 3.63) is 0 Å². The van der Waals surface area contributed by atoms with Gasteiger partial charge in [0.2, 0.25) is 40.6 Å². The Bertz CT molecular complexity index is 1140. The fourth-order valence-corrected chi connectivity index (χ4v) is 206. The van der Waals surface area contributed by atoms with Gasteiger partial charge in [0, 0.05) is 19.3 Å². The summed E-state index contributed by atoms with van der Waals surface area (Å²) in [6, 6.07) is 0. The second-order valence-electron chi connectivity index (χ2n) is 16.9. The Hall–Kier alpha value is 2.44. The summed E-state index contributed by atoms with van der Waals surface area (Å²) < 4.78 is 54.3. The van der Waals surface area contributed by atoms with E-state index in [-0.39, 0.29) is 17.7 Å². The molecular formula is C21H61O15Si14. The van der Waals surface area contributed by atoms with Crippen molar-refractivity contribution in [1.29, 1.82) is 0 Å². The number of rotatable bonds is 19. The second-order valence-corrected chi connectivity index (χ2v) is 97.3. The van der Waals surface area contributed by atoms with Gasteiger partial charge in [-0.2, -0.15) is 0 Å². The quantitative estimate of drug-likeness (QED) is 0.0624. The molecule has 0 aromatic heterocycles. The van der Waals surface area contributed by atoms with Gasteiger partial charge in [0.15, 0.2) is 8.32 Å². The van der Waals surface area contributed by atoms with Gasteiger partial charge < -0.3 is 68.0 Å². The highest BCUT2D eigenvalue weighted by atomic mass is 30.2. The second kappa shape index (κ2) is 16.0. The predicted molar refractivity (Wildman–Crippen MR) is 218 cm³/mol. The van der Waals surface area contributed by atoms with E-state index in [1.807, 2.05) is 26.2 Å². The van der Waals surface area contributed by atoms with E-state index >= 15 is 0 Å². The molecule has 0 saturated carbocycles. The van der Waals surface area contributed by atoms with Crippen LogP contribution >= 0.6 is 0 Å². The zero-order valence-corrected chi connectivity index (χ0v) is 46.2. The summed E-state index contributed by atoms with van der Waals surface area (Å²) >= 11 is 0. The van der Waals surface area contributed by atoms with Gasteiger partial charge in [0.25, 0.3) is 13.7 Å². The molecule has 7 unspecified atom stereocenters. The summed E-state index contributed by atoms with van der Waals surface area (Å²) in [4.78, 5) is 84.9. The third-order valence-corrected chi connectivity index (χ3v) is 141. The molecule has 0 aliphatic carbocycles. The summed E-state index contributed by atoms with van der Waals surface area (Å²) in [5.41, 5.74) is -0.378. The molecule has 2 aliphatic heterocycles. The van der Waals surface area contributed by atoms with E-state index in [4.69, 9.17) is 34.5 Å². The number of hydrogen-bond acceptors (Lipinski definition) is 15. The minimum absolute atomic E-state index is 0.206. The number of epoxide rings is 1. The minimum Gasteiger partial charge on any atom is -0.436 e. The van der Waals surface area contributed by atoms with E-state index in [1.54, 1.807) is 52.4 Å². The average molecular weight is 947 g/mol. The molecule has 29 heteroatoms. The van der Waals surface area contributed by atoms with Crippen LogP contribution in [0.3, 0.4) is 0 Å². The topological polar surface area (TPSA) is 219 Å². The van der Waals surface area contributed by atoms with Crippen LogP contribution in [0.25, 0.3) is 0 Å². The van der Waals surface area contributed by atoms with Crippen molar-refractivity contribution in [3.8, 4) is 0 Å². The standard InChI is InChI=1S/C21H61O15Si14/c1-29-47(37,42(7,8)25)36-48(49(39-23,32-38-22)43(9,10)26,50(44(11,12)27,45(13,14)28)34-41(5,6)24)35-46(15,33-40(2,3)4)20-16-17-30-18-19-21(20)31-19/h19-28H,16-18H2,1-15H3. The number of ether oxygens (including phenoxy) is 2. The van der Waals surface area contributed by atoms with Crippen molar-refractivity contribution in [2.45, 2.75) is 116 Å². The van der Waals surface area contributed by atoms with Gasteiger partial charge in [-0.15, -0.1) is 0 Å². The van der Waals surface area contributed by atoms with Crippen LogP contribution in [0, 0.1) is 0 Å². The van der Waals surface area contributed by atoms with Gasteiger partial charge in [-0.3, -0.25) is 0 Å². The van der Waals surface area contributed by atoms with Crippen molar-refractivity contribution >= 4 is 115 Å². The maximum Gasteiger partial charge on any atom is 0.418 e. The zero-order valence-electron chi connectivity index (χ0n) is 32.2. The highest BCUT2D eigenvalue weighted by Crippen LogP contribution is 2.52. The first-order chi connectivity index (χ1) is 22.1. The molecule has 0 amide bonds. The van der Waals surface area contributed by atoms with Crippen molar-refractivity contribution in [3.63, 3.8) is 0 Å². The Kier molecular flexibility index (Phi) is 15.5. The molecule has 7 atom stereocenters. The summed E-state index contributed by atoms with van der Waals surface area (Å²) in [7, 11) is -32.4. The first-order valence-electron chi connectivity index (χ1n) is 16.5. The van der Waals surface area contributed by atoms with Gasteiger partial charge in [0.1, 0.15) is 6.10 Å².